The summed E-state index contributed by atoms with van der Waals surface area (Å²) in [5, 5.41) is 22.8. The highest BCUT2D eigenvalue weighted by Crippen LogP contribution is 2.40. The van der Waals surface area contributed by atoms with Crippen LogP contribution in [0.3, 0.4) is 0 Å². The summed E-state index contributed by atoms with van der Waals surface area (Å²) in [5.74, 6) is -6.40. The summed E-state index contributed by atoms with van der Waals surface area (Å²) in [5.41, 5.74) is -4.77. The molecule has 1 aromatic heterocycles. The molecule has 1 aliphatic rings. The first-order chi connectivity index (χ1) is 25.9. The predicted octanol–water partition coefficient (Wildman–Crippen LogP) is 6.36. The van der Waals surface area contributed by atoms with Crippen LogP contribution in [0.1, 0.15) is 64.4 Å². The smallest absolute Gasteiger partial charge is 0.416 e. The van der Waals surface area contributed by atoms with Gasteiger partial charge in [-0.2, -0.15) is 13.2 Å². The highest BCUT2D eigenvalue weighted by molar-refractivity contribution is 5.85. The number of aliphatic hydroxyl groups is 1. The fraction of sp³-hybridized carbons (Fsp3) is 0.359. The number of rotatable bonds is 13. The van der Waals surface area contributed by atoms with Gasteiger partial charge in [0.05, 0.1) is 31.2 Å². The van der Waals surface area contributed by atoms with Gasteiger partial charge in [-0.25, -0.2) is 17.6 Å². The Labute approximate surface area is 311 Å². The minimum Gasteiger partial charge on any atom is -0.507 e. The molecule has 0 spiro atoms. The number of nitrogens with zero attached hydrogens (tertiary/aromatic N) is 2. The Hall–Kier alpha value is -5.22. The summed E-state index contributed by atoms with van der Waals surface area (Å²) in [7, 11) is 0. The number of aliphatic hydroxyl groups excluding tert-OH is 1. The number of aromatic nitrogens is 1. The molecule has 0 radical (unpaired) electrons. The number of phenols is 1. The third kappa shape index (κ3) is 8.86. The lowest BCUT2D eigenvalue weighted by Gasteiger charge is -2.34. The first-order valence-electron chi connectivity index (χ1n) is 17.3. The molecular formula is C39H38F7N3O6. The fourth-order valence-electron chi connectivity index (χ4n) is 6.69. The van der Waals surface area contributed by atoms with Crippen LogP contribution in [0.15, 0.2) is 59.5 Å². The standard InChI is InChI=1S/C39H38F7N3O6/c1-4-55-32(53)15-29(34-35(42)21(3)12-26(36(34)43)33-20(2)6-5-7-30(33)51)47-38(54)37(25-13-22(19-50)8-9-28(25)41)49-16-23(10-11-48-17-24(40)18-48)27(14-31(49)52)39(44,45)46/h5-9,12-14,16,24,29,37,50-51H,4,10-11,15,17-19H2,1-3H3,(H,47,54)/t29-,37?/m0/s1. The second kappa shape index (κ2) is 16.7. The van der Waals surface area contributed by atoms with Crippen molar-refractivity contribution in [1.29, 1.82) is 0 Å². The number of pyridine rings is 1. The lowest BCUT2D eigenvalue weighted by molar-refractivity contribution is -0.144. The zero-order valence-corrected chi connectivity index (χ0v) is 29.9. The number of amides is 1. The summed E-state index contributed by atoms with van der Waals surface area (Å²) in [6.45, 7) is 3.33. The van der Waals surface area contributed by atoms with Crippen LogP contribution in [-0.2, 0) is 33.5 Å². The van der Waals surface area contributed by atoms with Crippen LogP contribution in [0, 0.1) is 31.3 Å². The maximum atomic E-state index is 16.7. The molecule has 55 heavy (non-hydrogen) atoms. The van der Waals surface area contributed by atoms with E-state index in [4.69, 9.17) is 4.74 Å². The third-order valence-corrected chi connectivity index (χ3v) is 9.42. The van der Waals surface area contributed by atoms with Crippen molar-refractivity contribution in [3.63, 3.8) is 0 Å². The monoisotopic (exact) mass is 777 g/mol. The van der Waals surface area contributed by atoms with Gasteiger partial charge in [-0.1, -0.05) is 18.2 Å². The average molecular weight is 778 g/mol. The molecular weight excluding hydrogens is 739 g/mol. The van der Waals surface area contributed by atoms with Gasteiger partial charge < -0.3 is 20.3 Å². The quantitative estimate of drug-likeness (QED) is 0.107. The van der Waals surface area contributed by atoms with E-state index in [1.54, 1.807) is 13.0 Å². The van der Waals surface area contributed by atoms with Gasteiger partial charge in [-0.3, -0.25) is 23.9 Å². The number of hydrogen-bond acceptors (Lipinski definition) is 7. The Morgan fingerprint density at radius 2 is 1.73 bits per heavy atom. The lowest BCUT2D eigenvalue weighted by Crippen LogP contribution is -2.49. The van der Waals surface area contributed by atoms with Crippen LogP contribution in [-0.4, -0.2) is 64.0 Å². The van der Waals surface area contributed by atoms with Crippen molar-refractivity contribution in [3.05, 3.63) is 121 Å². The first-order valence-corrected chi connectivity index (χ1v) is 17.3. The number of nitrogens with one attached hydrogen (secondary N) is 1. The predicted molar refractivity (Wildman–Crippen MR) is 186 cm³/mol. The van der Waals surface area contributed by atoms with E-state index >= 15 is 13.2 Å². The minimum absolute atomic E-state index is 0.0181. The molecule has 0 aliphatic carbocycles. The molecule has 1 amide bonds. The molecule has 294 valence electrons. The van der Waals surface area contributed by atoms with E-state index in [0.717, 1.165) is 30.5 Å². The Morgan fingerprint density at radius 1 is 1.02 bits per heavy atom. The summed E-state index contributed by atoms with van der Waals surface area (Å²) in [6.07, 6.45) is -6.75. The van der Waals surface area contributed by atoms with E-state index < -0.39 is 94.6 Å². The van der Waals surface area contributed by atoms with Crippen molar-refractivity contribution in [2.75, 3.05) is 26.2 Å². The van der Waals surface area contributed by atoms with Gasteiger partial charge in [0.25, 0.3) is 5.56 Å². The highest BCUT2D eigenvalue weighted by atomic mass is 19.4. The molecule has 1 fully saturated rings. The lowest BCUT2D eigenvalue weighted by atomic mass is 9.91. The second-order valence-corrected chi connectivity index (χ2v) is 13.3. The van der Waals surface area contributed by atoms with E-state index in [-0.39, 0.29) is 66.7 Å². The number of aryl methyl sites for hydroxylation is 2. The highest BCUT2D eigenvalue weighted by Gasteiger charge is 2.38. The number of aromatic hydroxyl groups is 1. The number of carbonyl (C=O) groups is 2. The van der Waals surface area contributed by atoms with E-state index in [9.17, 15) is 42.2 Å². The molecule has 4 aromatic rings. The van der Waals surface area contributed by atoms with Crippen molar-refractivity contribution in [2.45, 2.75) is 64.7 Å². The normalized spacial score (nSPS) is 14.7. The molecule has 3 aromatic carbocycles. The van der Waals surface area contributed by atoms with Gasteiger partial charge in [0, 0.05) is 54.2 Å². The van der Waals surface area contributed by atoms with Gasteiger partial charge in [0.1, 0.15) is 35.4 Å². The zero-order valence-electron chi connectivity index (χ0n) is 29.9. The number of alkyl halides is 4. The molecule has 5 rings (SSSR count). The molecule has 0 bridgehead atoms. The maximum Gasteiger partial charge on any atom is 0.416 e. The van der Waals surface area contributed by atoms with Crippen molar-refractivity contribution in [2.24, 2.45) is 0 Å². The molecule has 1 aliphatic heterocycles. The molecule has 1 unspecified atom stereocenters. The first kappa shape index (κ1) is 41.0. The Balaban J connectivity index is 1.70. The largest absolute Gasteiger partial charge is 0.507 e. The van der Waals surface area contributed by atoms with Crippen LogP contribution in [0.4, 0.5) is 30.7 Å². The molecule has 3 N–H and O–H groups in total. The van der Waals surface area contributed by atoms with Crippen molar-refractivity contribution < 1.29 is 55.3 Å². The minimum atomic E-state index is -5.04. The Kier molecular flexibility index (Phi) is 12.4. The van der Waals surface area contributed by atoms with Crippen LogP contribution in [0.25, 0.3) is 11.1 Å². The number of ether oxygens (including phenoxy) is 1. The van der Waals surface area contributed by atoms with Crippen molar-refractivity contribution >= 4 is 11.9 Å². The van der Waals surface area contributed by atoms with Crippen molar-refractivity contribution in [3.8, 4) is 16.9 Å². The van der Waals surface area contributed by atoms with Crippen LogP contribution in [0.2, 0.25) is 0 Å². The molecule has 2 heterocycles. The Bertz CT molecular complexity index is 2130. The van der Waals surface area contributed by atoms with Gasteiger partial charge in [-0.15, -0.1) is 0 Å². The van der Waals surface area contributed by atoms with Gasteiger partial charge in [0.2, 0.25) is 5.91 Å². The van der Waals surface area contributed by atoms with E-state index in [2.05, 4.69) is 5.32 Å². The summed E-state index contributed by atoms with van der Waals surface area (Å²) in [4.78, 5) is 42.5. The number of benzene rings is 3. The molecule has 2 atom stereocenters. The number of esters is 1. The number of likely N-dealkylation sites (tertiary alicyclic amines) is 1. The summed E-state index contributed by atoms with van der Waals surface area (Å²) < 4.78 is 110. The van der Waals surface area contributed by atoms with Crippen LogP contribution in [0.5, 0.6) is 5.75 Å². The summed E-state index contributed by atoms with van der Waals surface area (Å²) >= 11 is 0. The van der Waals surface area contributed by atoms with Gasteiger partial charge >= 0.3 is 12.1 Å². The zero-order chi connectivity index (χ0) is 40.4. The number of hydrogen-bond donors (Lipinski definition) is 3. The van der Waals surface area contributed by atoms with Gasteiger partial charge in [-0.05, 0) is 73.7 Å². The van der Waals surface area contributed by atoms with Crippen LogP contribution >= 0.6 is 0 Å². The number of phenolic OH excluding ortho intramolecular Hbond substituents is 1. The molecule has 1 saturated heterocycles. The average Bonchev–Trinajstić information content (AvgIpc) is 3.09. The topological polar surface area (TPSA) is 121 Å². The van der Waals surface area contributed by atoms with E-state index in [0.29, 0.717) is 10.1 Å². The van der Waals surface area contributed by atoms with Crippen molar-refractivity contribution in [1.82, 2.24) is 14.8 Å². The third-order valence-electron chi connectivity index (χ3n) is 9.42. The fourth-order valence-corrected chi connectivity index (χ4v) is 6.69. The Morgan fingerprint density at radius 3 is 2.35 bits per heavy atom. The van der Waals surface area contributed by atoms with Gasteiger partial charge in [0.15, 0.2) is 0 Å². The molecule has 16 heteroatoms. The SMILES string of the molecule is CCOC(=O)C[C@H](NC(=O)C(c1cc(CO)ccc1F)n1cc(CCN2CC(F)C2)c(C(F)(F)F)cc1=O)c1c(F)c(C)cc(-c2c(C)cccc2O)c1F. The van der Waals surface area contributed by atoms with Crippen LogP contribution < -0.4 is 10.9 Å². The summed E-state index contributed by atoms with van der Waals surface area (Å²) in [6, 6.07) is 4.59. The molecule has 9 nitrogen and oxygen atoms in total. The maximum absolute atomic E-state index is 16.7. The number of carbonyl (C=O) groups excluding carboxylic acids is 2. The second-order valence-electron chi connectivity index (χ2n) is 13.3. The molecule has 0 saturated carbocycles. The number of halogens is 7. The van der Waals surface area contributed by atoms with E-state index in [1.807, 2.05) is 0 Å². The van der Waals surface area contributed by atoms with E-state index in [1.165, 1.54) is 30.9 Å².